The highest BCUT2D eigenvalue weighted by Crippen LogP contribution is 2.36. The maximum atomic E-state index is 13.2. The second kappa shape index (κ2) is 12.8. The zero-order valence-corrected chi connectivity index (χ0v) is 23.4. The molecule has 2 amide bonds. The quantitative estimate of drug-likeness (QED) is 0.347. The number of benzene rings is 3. The normalized spacial score (nSPS) is 17.5. The molecule has 0 saturated carbocycles. The van der Waals surface area contributed by atoms with Crippen molar-refractivity contribution in [3.05, 3.63) is 94.4 Å². The van der Waals surface area contributed by atoms with E-state index in [1.165, 1.54) is 11.8 Å². The highest BCUT2D eigenvalue weighted by molar-refractivity contribution is 8.18. The van der Waals surface area contributed by atoms with E-state index >= 15 is 0 Å². The number of methoxy groups -OCH3 is 1. The summed E-state index contributed by atoms with van der Waals surface area (Å²) < 4.78 is 16.9. The Bertz CT molecular complexity index is 1430. The molecule has 0 aliphatic carbocycles. The number of likely N-dealkylation sites (N-methyl/N-ethyl adjacent to an activating group) is 1. The van der Waals surface area contributed by atoms with Crippen molar-refractivity contribution in [3.63, 3.8) is 0 Å². The van der Waals surface area contributed by atoms with Gasteiger partial charge in [-0.3, -0.25) is 14.5 Å². The van der Waals surface area contributed by atoms with Gasteiger partial charge < -0.3 is 19.1 Å². The summed E-state index contributed by atoms with van der Waals surface area (Å²) in [6.45, 7) is 5.05. The highest BCUT2D eigenvalue weighted by atomic mass is 32.2. The summed E-state index contributed by atoms with van der Waals surface area (Å²) in [6, 6.07) is 22.7. The fraction of sp³-hybridized carbons (Fsp3) is 0.258. The number of thioether (sulfide) groups is 1. The Balaban J connectivity index is 1.33. The molecule has 9 heteroatoms. The molecule has 2 heterocycles. The van der Waals surface area contributed by atoms with E-state index in [9.17, 15) is 9.59 Å². The van der Waals surface area contributed by atoms with Crippen LogP contribution in [-0.2, 0) is 16.1 Å². The maximum Gasteiger partial charge on any atom is 0.266 e. The molecule has 0 bridgehead atoms. The molecule has 0 aromatic heterocycles. The Morgan fingerprint density at radius 3 is 2.58 bits per heavy atom. The van der Waals surface area contributed by atoms with Crippen LogP contribution in [0.4, 0.5) is 5.69 Å². The van der Waals surface area contributed by atoms with E-state index in [4.69, 9.17) is 19.2 Å². The molecule has 5 rings (SSSR count). The molecular weight excluding hydrogens is 526 g/mol. The lowest BCUT2D eigenvalue weighted by atomic mass is 10.1. The molecule has 8 nitrogen and oxygen atoms in total. The van der Waals surface area contributed by atoms with E-state index in [0.29, 0.717) is 72.3 Å². The Morgan fingerprint density at radius 2 is 1.82 bits per heavy atom. The van der Waals surface area contributed by atoms with Gasteiger partial charge in [0.15, 0.2) is 16.7 Å². The van der Waals surface area contributed by atoms with Crippen LogP contribution in [0.3, 0.4) is 0 Å². The van der Waals surface area contributed by atoms with Crippen LogP contribution in [0.2, 0.25) is 0 Å². The fourth-order valence-corrected chi connectivity index (χ4v) is 5.48. The average molecular weight is 558 g/mol. The van der Waals surface area contributed by atoms with Gasteiger partial charge in [-0.25, -0.2) is 4.99 Å². The maximum absolute atomic E-state index is 13.2. The lowest BCUT2D eigenvalue weighted by molar-refractivity contribution is -0.122. The largest absolute Gasteiger partial charge is 0.493 e. The number of hydrogen-bond donors (Lipinski definition) is 0. The number of ether oxygens (including phenoxy) is 3. The van der Waals surface area contributed by atoms with Gasteiger partial charge in [0.05, 0.1) is 30.9 Å². The Labute approximate surface area is 238 Å². The number of nitrogens with zero attached hydrogens (tertiary/aromatic N) is 3. The summed E-state index contributed by atoms with van der Waals surface area (Å²) in [5, 5.41) is 0.574. The van der Waals surface area contributed by atoms with Crippen LogP contribution in [0.5, 0.6) is 11.5 Å². The fourth-order valence-electron chi connectivity index (χ4n) is 4.42. The van der Waals surface area contributed by atoms with E-state index < -0.39 is 0 Å². The average Bonchev–Trinajstić information content (AvgIpc) is 3.29. The van der Waals surface area contributed by atoms with Crippen LogP contribution in [-0.4, -0.2) is 66.7 Å². The van der Waals surface area contributed by atoms with Gasteiger partial charge in [-0.15, -0.1) is 0 Å². The van der Waals surface area contributed by atoms with Gasteiger partial charge >= 0.3 is 0 Å². The third-order valence-corrected chi connectivity index (χ3v) is 7.55. The molecule has 2 aliphatic rings. The third kappa shape index (κ3) is 6.38. The van der Waals surface area contributed by atoms with Crippen LogP contribution in [0.1, 0.15) is 28.4 Å². The number of aliphatic imine (C=N–C) groups is 1. The van der Waals surface area contributed by atoms with E-state index in [1.807, 2.05) is 73.7 Å². The molecule has 2 fully saturated rings. The molecule has 0 unspecified atom stereocenters. The van der Waals surface area contributed by atoms with E-state index in [1.54, 1.807) is 29.0 Å². The number of amidine groups is 1. The smallest absolute Gasteiger partial charge is 0.266 e. The third-order valence-electron chi connectivity index (χ3n) is 6.54. The Hall–Kier alpha value is -4.08. The number of amides is 2. The number of rotatable bonds is 8. The van der Waals surface area contributed by atoms with E-state index in [2.05, 4.69) is 0 Å². The van der Waals surface area contributed by atoms with Gasteiger partial charge in [0.1, 0.15) is 6.61 Å². The Kier molecular flexibility index (Phi) is 8.83. The number of morpholine rings is 1. The van der Waals surface area contributed by atoms with Crippen molar-refractivity contribution in [3.8, 4) is 11.5 Å². The van der Waals surface area contributed by atoms with Gasteiger partial charge in [-0.2, -0.15) is 0 Å². The monoisotopic (exact) mass is 557 g/mol. The predicted octanol–water partition coefficient (Wildman–Crippen LogP) is 5.37. The number of hydrogen-bond acceptors (Lipinski definition) is 7. The first-order valence-electron chi connectivity index (χ1n) is 13.2. The second-order valence-electron chi connectivity index (χ2n) is 9.19. The van der Waals surface area contributed by atoms with Gasteiger partial charge in [0.25, 0.3) is 11.8 Å². The molecule has 3 aromatic rings. The van der Waals surface area contributed by atoms with Gasteiger partial charge in [0.2, 0.25) is 0 Å². The first kappa shape index (κ1) is 27.5. The number of carbonyl (C=O) groups is 2. The summed E-state index contributed by atoms with van der Waals surface area (Å²) in [4.78, 5) is 34.9. The molecule has 0 radical (unpaired) electrons. The molecule has 0 N–H and O–H groups in total. The minimum Gasteiger partial charge on any atom is -0.493 e. The second-order valence-corrected chi connectivity index (χ2v) is 10.2. The molecule has 2 aliphatic heterocycles. The first-order valence-corrected chi connectivity index (χ1v) is 14.0. The molecule has 0 spiro atoms. The number of carbonyl (C=O) groups excluding carboxylic acids is 2. The van der Waals surface area contributed by atoms with Crippen molar-refractivity contribution in [2.45, 2.75) is 13.5 Å². The standard InChI is InChI=1S/C31H31N3O5S/c1-3-34-30(36)28(19-23-12-13-26(27(18-23)37-2)39-21-22-8-5-4-6-9-22)40-31(34)32-25-11-7-10-24(20-25)29(35)33-14-16-38-17-15-33/h4-13,18-20H,3,14-17,21H2,1-2H3/b28-19+,32-31?. The van der Waals surface area contributed by atoms with Crippen molar-refractivity contribution in [1.29, 1.82) is 0 Å². The topological polar surface area (TPSA) is 80.7 Å². The Morgan fingerprint density at radius 1 is 1.02 bits per heavy atom. The lowest BCUT2D eigenvalue weighted by Gasteiger charge is -2.26. The van der Waals surface area contributed by atoms with Gasteiger partial charge in [0, 0.05) is 25.2 Å². The predicted molar refractivity (Wildman–Crippen MR) is 157 cm³/mol. The molecule has 206 valence electrons. The van der Waals surface area contributed by atoms with Crippen molar-refractivity contribution < 1.29 is 23.8 Å². The van der Waals surface area contributed by atoms with Crippen LogP contribution >= 0.6 is 11.8 Å². The first-order chi connectivity index (χ1) is 19.6. The molecule has 3 aromatic carbocycles. The summed E-state index contributed by atoms with van der Waals surface area (Å²) in [5.74, 6) is 1.06. The minimum absolute atomic E-state index is 0.0430. The van der Waals surface area contributed by atoms with Crippen LogP contribution in [0.25, 0.3) is 6.08 Å². The van der Waals surface area contributed by atoms with Crippen molar-refractivity contribution in [2.75, 3.05) is 40.0 Å². The van der Waals surface area contributed by atoms with Crippen molar-refractivity contribution in [1.82, 2.24) is 9.80 Å². The van der Waals surface area contributed by atoms with Gasteiger partial charge in [-0.1, -0.05) is 42.5 Å². The summed E-state index contributed by atoms with van der Waals surface area (Å²) >= 11 is 1.31. The molecule has 40 heavy (non-hydrogen) atoms. The zero-order valence-electron chi connectivity index (χ0n) is 22.5. The van der Waals surface area contributed by atoms with E-state index in [-0.39, 0.29) is 11.8 Å². The van der Waals surface area contributed by atoms with Crippen LogP contribution in [0.15, 0.2) is 82.7 Å². The summed E-state index contributed by atoms with van der Waals surface area (Å²) in [6.07, 6.45) is 1.83. The SMILES string of the molecule is CCN1C(=O)/C(=C\c2ccc(OCc3ccccc3)c(OC)c2)SC1=Nc1cccc(C(=O)N2CCOCC2)c1. The molecular formula is C31H31N3O5S. The van der Waals surface area contributed by atoms with Crippen LogP contribution in [0, 0.1) is 0 Å². The molecule has 0 atom stereocenters. The van der Waals surface area contributed by atoms with Gasteiger partial charge in [-0.05, 0) is 66.2 Å². The molecule has 2 saturated heterocycles. The zero-order chi connectivity index (χ0) is 27.9. The van der Waals surface area contributed by atoms with E-state index in [0.717, 1.165) is 11.1 Å². The van der Waals surface area contributed by atoms with Crippen molar-refractivity contribution >= 4 is 40.5 Å². The summed E-state index contributed by atoms with van der Waals surface area (Å²) in [5.41, 5.74) is 3.07. The van der Waals surface area contributed by atoms with Crippen molar-refractivity contribution in [2.24, 2.45) is 4.99 Å². The summed E-state index contributed by atoms with van der Waals surface area (Å²) in [7, 11) is 1.60. The minimum atomic E-state index is -0.116. The van der Waals surface area contributed by atoms with Crippen LogP contribution < -0.4 is 9.47 Å². The lowest BCUT2D eigenvalue weighted by Crippen LogP contribution is -2.40. The highest BCUT2D eigenvalue weighted by Gasteiger charge is 2.32.